The summed E-state index contributed by atoms with van der Waals surface area (Å²) in [5.74, 6) is 0.268. The van der Waals surface area contributed by atoms with Gasteiger partial charge in [0.05, 0.1) is 4.90 Å². The zero-order valence-corrected chi connectivity index (χ0v) is 18.8. The van der Waals surface area contributed by atoms with Gasteiger partial charge in [0.2, 0.25) is 10.0 Å². The van der Waals surface area contributed by atoms with E-state index in [0.29, 0.717) is 17.0 Å². The number of hydrogen-bond donors (Lipinski definition) is 1. The molecule has 2 aromatic carbocycles. The van der Waals surface area contributed by atoms with Crippen molar-refractivity contribution in [2.24, 2.45) is 5.92 Å². The zero-order chi connectivity index (χ0) is 21.7. The highest BCUT2D eigenvalue weighted by Crippen LogP contribution is 2.20. The molecule has 1 atom stereocenters. The zero-order valence-electron chi connectivity index (χ0n) is 18.0. The number of carbonyl (C=O) groups is 1. The van der Waals surface area contributed by atoms with Gasteiger partial charge >= 0.3 is 0 Å². The summed E-state index contributed by atoms with van der Waals surface area (Å²) in [7, 11) is 0.0170. The van der Waals surface area contributed by atoms with Crippen molar-refractivity contribution in [3.05, 3.63) is 65.2 Å². The molecule has 1 unspecified atom stereocenters. The average molecular weight is 430 g/mol. The molecule has 30 heavy (non-hydrogen) atoms. The van der Waals surface area contributed by atoms with E-state index in [0.717, 1.165) is 43.6 Å². The summed E-state index contributed by atoms with van der Waals surface area (Å²) < 4.78 is 27.9. The van der Waals surface area contributed by atoms with Crippen LogP contribution in [0.5, 0.6) is 0 Å². The van der Waals surface area contributed by atoms with Gasteiger partial charge in [-0.2, -0.15) is 0 Å². The number of piperidine rings is 1. The molecule has 3 rings (SSSR count). The van der Waals surface area contributed by atoms with E-state index < -0.39 is 10.0 Å². The van der Waals surface area contributed by atoms with Crippen molar-refractivity contribution < 1.29 is 13.2 Å². The quantitative estimate of drug-likeness (QED) is 0.735. The molecule has 0 spiro atoms. The van der Waals surface area contributed by atoms with E-state index >= 15 is 0 Å². The SMILES string of the molecule is Cc1ccc(S(=O)(=O)NCC2CCCN(Cc3cccc(C(=O)N(C)C)c3)C2)cc1. The highest BCUT2D eigenvalue weighted by Gasteiger charge is 2.23. The Kier molecular flexibility index (Phi) is 7.28. The summed E-state index contributed by atoms with van der Waals surface area (Å²) in [5.41, 5.74) is 2.83. The number of nitrogens with one attached hydrogen (secondary N) is 1. The molecule has 7 heteroatoms. The third kappa shape index (κ3) is 5.90. The number of aryl methyl sites for hydroxylation is 1. The van der Waals surface area contributed by atoms with Crippen LogP contribution >= 0.6 is 0 Å². The van der Waals surface area contributed by atoms with E-state index in [9.17, 15) is 13.2 Å². The monoisotopic (exact) mass is 429 g/mol. The van der Waals surface area contributed by atoms with E-state index in [4.69, 9.17) is 0 Å². The predicted octanol–water partition coefficient (Wildman–Crippen LogP) is 2.89. The maximum Gasteiger partial charge on any atom is 0.253 e. The number of benzene rings is 2. The second kappa shape index (κ2) is 9.73. The van der Waals surface area contributed by atoms with E-state index in [1.165, 1.54) is 0 Å². The first-order chi connectivity index (χ1) is 14.2. The maximum absolute atomic E-state index is 12.6. The van der Waals surface area contributed by atoms with Crippen LogP contribution in [0.15, 0.2) is 53.4 Å². The van der Waals surface area contributed by atoms with Crippen LogP contribution in [0.1, 0.15) is 34.3 Å². The first-order valence-corrected chi connectivity index (χ1v) is 11.8. The molecule has 1 amide bonds. The second-order valence-corrected chi connectivity index (χ2v) is 10.1. The lowest BCUT2D eigenvalue weighted by molar-refractivity contribution is 0.0827. The van der Waals surface area contributed by atoms with Crippen molar-refractivity contribution in [3.63, 3.8) is 0 Å². The van der Waals surface area contributed by atoms with E-state index in [1.54, 1.807) is 31.1 Å². The second-order valence-electron chi connectivity index (χ2n) is 8.31. The predicted molar refractivity (Wildman–Crippen MR) is 119 cm³/mol. The fourth-order valence-corrected chi connectivity index (χ4v) is 4.93. The van der Waals surface area contributed by atoms with E-state index in [-0.39, 0.29) is 11.8 Å². The van der Waals surface area contributed by atoms with Gasteiger partial charge in [0, 0.05) is 39.3 Å². The molecule has 1 saturated heterocycles. The number of nitrogens with zero attached hydrogens (tertiary/aromatic N) is 2. The Bertz CT molecular complexity index is 971. The summed E-state index contributed by atoms with van der Waals surface area (Å²) in [4.78, 5) is 16.4. The molecule has 0 aromatic heterocycles. The molecular weight excluding hydrogens is 398 g/mol. The molecule has 162 valence electrons. The minimum atomic E-state index is -3.49. The highest BCUT2D eigenvalue weighted by molar-refractivity contribution is 7.89. The number of rotatable bonds is 7. The summed E-state index contributed by atoms with van der Waals surface area (Å²) in [5, 5.41) is 0. The van der Waals surface area contributed by atoms with Crippen molar-refractivity contribution in [3.8, 4) is 0 Å². The fraction of sp³-hybridized carbons (Fsp3) is 0.435. The van der Waals surface area contributed by atoms with Crippen LogP contribution < -0.4 is 4.72 Å². The fourth-order valence-electron chi connectivity index (χ4n) is 3.81. The Morgan fingerprint density at radius 1 is 1.17 bits per heavy atom. The standard InChI is InChI=1S/C23H31N3O3S/c1-18-9-11-22(12-10-18)30(28,29)24-15-20-7-5-13-26(17-20)16-19-6-4-8-21(14-19)23(27)25(2)3/h4,6,8-12,14,20,24H,5,7,13,15-17H2,1-3H3. The summed E-state index contributed by atoms with van der Waals surface area (Å²) >= 11 is 0. The Morgan fingerprint density at radius 3 is 2.60 bits per heavy atom. The normalized spacial score (nSPS) is 17.6. The molecular formula is C23H31N3O3S. The minimum Gasteiger partial charge on any atom is -0.345 e. The van der Waals surface area contributed by atoms with Crippen LogP contribution in [-0.4, -0.2) is 57.9 Å². The Morgan fingerprint density at radius 2 is 1.90 bits per heavy atom. The number of sulfonamides is 1. The molecule has 0 saturated carbocycles. The lowest BCUT2D eigenvalue weighted by atomic mass is 9.97. The molecule has 1 fully saturated rings. The molecule has 0 bridgehead atoms. The number of hydrogen-bond acceptors (Lipinski definition) is 4. The molecule has 0 radical (unpaired) electrons. The Hall–Kier alpha value is -2.22. The molecule has 0 aliphatic carbocycles. The van der Waals surface area contributed by atoms with Gasteiger partial charge in [0.15, 0.2) is 0 Å². The van der Waals surface area contributed by atoms with Crippen LogP contribution in [0.25, 0.3) is 0 Å². The van der Waals surface area contributed by atoms with Gasteiger partial charge in [0.25, 0.3) is 5.91 Å². The lowest BCUT2D eigenvalue weighted by Crippen LogP contribution is -2.40. The third-order valence-corrected chi connectivity index (χ3v) is 6.92. The Balaban J connectivity index is 1.57. The first kappa shape index (κ1) is 22.5. The smallest absolute Gasteiger partial charge is 0.253 e. The number of amides is 1. The third-order valence-electron chi connectivity index (χ3n) is 5.48. The summed E-state index contributed by atoms with van der Waals surface area (Å²) in [6, 6.07) is 14.7. The molecule has 6 nitrogen and oxygen atoms in total. The molecule has 1 heterocycles. The van der Waals surface area contributed by atoms with Gasteiger partial charge in [-0.3, -0.25) is 9.69 Å². The van der Waals surface area contributed by atoms with Crippen molar-refractivity contribution in [1.82, 2.24) is 14.5 Å². The van der Waals surface area contributed by atoms with Gasteiger partial charge in [-0.05, 0) is 62.1 Å². The maximum atomic E-state index is 12.6. The van der Waals surface area contributed by atoms with Gasteiger partial charge in [-0.25, -0.2) is 13.1 Å². The minimum absolute atomic E-state index is 0.00103. The van der Waals surface area contributed by atoms with Gasteiger partial charge in [-0.1, -0.05) is 29.8 Å². The van der Waals surface area contributed by atoms with Gasteiger partial charge < -0.3 is 4.90 Å². The van der Waals surface area contributed by atoms with Crippen molar-refractivity contribution in [2.75, 3.05) is 33.7 Å². The van der Waals surface area contributed by atoms with Crippen LogP contribution in [-0.2, 0) is 16.6 Å². The largest absolute Gasteiger partial charge is 0.345 e. The molecule has 1 N–H and O–H groups in total. The van der Waals surface area contributed by atoms with E-state index in [2.05, 4.69) is 9.62 Å². The lowest BCUT2D eigenvalue weighted by Gasteiger charge is -2.33. The van der Waals surface area contributed by atoms with Gasteiger partial charge in [-0.15, -0.1) is 0 Å². The average Bonchev–Trinajstić information content (AvgIpc) is 2.72. The Labute approximate surface area is 179 Å². The van der Waals surface area contributed by atoms with Crippen LogP contribution in [0, 0.1) is 12.8 Å². The molecule has 2 aromatic rings. The topological polar surface area (TPSA) is 69.7 Å². The molecule has 1 aliphatic heterocycles. The molecule has 1 aliphatic rings. The van der Waals surface area contributed by atoms with Crippen LogP contribution in [0.3, 0.4) is 0 Å². The van der Waals surface area contributed by atoms with Crippen LogP contribution in [0.4, 0.5) is 0 Å². The van der Waals surface area contributed by atoms with Crippen molar-refractivity contribution in [2.45, 2.75) is 31.2 Å². The van der Waals surface area contributed by atoms with Crippen molar-refractivity contribution >= 4 is 15.9 Å². The number of likely N-dealkylation sites (tertiary alicyclic amines) is 1. The first-order valence-electron chi connectivity index (χ1n) is 10.3. The van der Waals surface area contributed by atoms with E-state index in [1.807, 2.05) is 43.3 Å². The highest BCUT2D eigenvalue weighted by atomic mass is 32.2. The number of carbonyl (C=O) groups excluding carboxylic acids is 1. The summed E-state index contributed by atoms with van der Waals surface area (Å²) in [6.07, 6.45) is 2.04. The summed E-state index contributed by atoms with van der Waals surface area (Å²) in [6.45, 7) is 4.95. The van der Waals surface area contributed by atoms with Crippen LogP contribution in [0.2, 0.25) is 0 Å². The van der Waals surface area contributed by atoms with Gasteiger partial charge in [0.1, 0.15) is 0 Å². The van der Waals surface area contributed by atoms with Crippen molar-refractivity contribution in [1.29, 1.82) is 0 Å².